The summed E-state index contributed by atoms with van der Waals surface area (Å²) in [5.74, 6) is -0.312. The summed E-state index contributed by atoms with van der Waals surface area (Å²) in [6.07, 6.45) is 0.299. The molecule has 1 aromatic rings. The maximum absolute atomic E-state index is 13.4. The highest BCUT2D eigenvalue weighted by molar-refractivity contribution is 5.94. The first-order valence-electron chi connectivity index (χ1n) is 8.50. The van der Waals surface area contributed by atoms with Gasteiger partial charge in [-0.15, -0.1) is 0 Å². The fourth-order valence-electron chi connectivity index (χ4n) is 2.82. The highest BCUT2D eigenvalue weighted by Crippen LogP contribution is 2.11. The normalized spacial score (nSPS) is 14.8. The van der Waals surface area contributed by atoms with Gasteiger partial charge in [0.2, 0.25) is 5.91 Å². The van der Waals surface area contributed by atoms with Crippen molar-refractivity contribution in [3.63, 3.8) is 0 Å². The van der Waals surface area contributed by atoms with E-state index in [9.17, 15) is 14.0 Å². The molecule has 1 saturated heterocycles. The van der Waals surface area contributed by atoms with Gasteiger partial charge in [-0.1, -0.05) is 19.9 Å². The van der Waals surface area contributed by atoms with E-state index in [4.69, 9.17) is 0 Å². The summed E-state index contributed by atoms with van der Waals surface area (Å²) in [5.41, 5.74) is 0.324. The number of amides is 2. The van der Waals surface area contributed by atoms with Crippen LogP contribution in [-0.2, 0) is 4.79 Å². The molecule has 0 aliphatic carbocycles. The van der Waals surface area contributed by atoms with Crippen molar-refractivity contribution in [2.24, 2.45) is 5.92 Å². The monoisotopic (exact) mass is 335 g/mol. The van der Waals surface area contributed by atoms with Gasteiger partial charge in [0.05, 0.1) is 0 Å². The largest absolute Gasteiger partial charge is 0.340 e. The standard InChI is InChI=1S/C18H26FN3O2/c1-14(2)13-22(18(24)15-4-3-5-16(19)12-15)9-6-17(23)21-10-7-20-8-11-21/h3-5,12,14,20H,6-11,13H2,1-2H3. The number of benzene rings is 1. The molecule has 1 aliphatic rings. The minimum absolute atomic E-state index is 0.0669. The average Bonchev–Trinajstić information content (AvgIpc) is 2.58. The number of halogens is 1. The van der Waals surface area contributed by atoms with Crippen LogP contribution in [0.2, 0.25) is 0 Å². The second kappa shape index (κ2) is 8.78. The van der Waals surface area contributed by atoms with Gasteiger partial charge in [-0.3, -0.25) is 9.59 Å². The topological polar surface area (TPSA) is 52.7 Å². The number of hydrogen-bond donors (Lipinski definition) is 1. The van der Waals surface area contributed by atoms with E-state index in [1.807, 2.05) is 18.7 Å². The van der Waals surface area contributed by atoms with Crippen molar-refractivity contribution in [1.29, 1.82) is 0 Å². The molecule has 1 aliphatic heterocycles. The Morgan fingerprint density at radius 3 is 2.62 bits per heavy atom. The zero-order valence-corrected chi connectivity index (χ0v) is 14.4. The molecule has 1 heterocycles. The summed E-state index contributed by atoms with van der Waals surface area (Å²) in [7, 11) is 0. The van der Waals surface area contributed by atoms with Crippen LogP contribution >= 0.6 is 0 Å². The first-order chi connectivity index (χ1) is 11.5. The van der Waals surface area contributed by atoms with E-state index in [0.29, 0.717) is 38.2 Å². The number of nitrogens with zero attached hydrogens (tertiary/aromatic N) is 2. The van der Waals surface area contributed by atoms with Crippen molar-refractivity contribution in [1.82, 2.24) is 15.1 Å². The molecule has 0 saturated carbocycles. The van der Waals surface area contributed by atoms with Crippen molar-refractivity contribution in [2.45, 2.75) is 20.3 Å². The second-order valence-electron chi connectivity index (χ2n) is 6.54. The predicted octanol–water partition coefficient (Wildman–Crippen LogP) is 1.75. The summed E-state index contributed by atoms with van der Waals surface area (Å²) in [6, 6.07) is 5.70. The summed E-state index contributed by atoms with van der Waals surface area (Å²) in [4.78, 5) is 28.4. The lowest BCUT2D eigenvalue weighted by atomic mass is 10.1. The fourth-order valence-corrected chi connectivity index (χ4v) is 2.82. The zero-order valence-electron chi connectivity index (χ0n) is 14.4. The van der Waals surface area contributed by atoms with Gasteiger partial charge in [0.25, 0.3) is 5.91 Å². The van der Waals surface area contributed by atoms with Gasteiger partial charge in [-0.2, -0.15) is 0 Å². The van der Waals surface area contributed by atoms with Gasteiger partial charge < -0.3 is 15.1 Å². The molecule has 1 N–H and O–H groups in total. The number of carbonyl (C=O) groups excluding carboxylic acids is 2. The Hall–Kier alpha value is -1.95. The van der Waals surface area contributed by atoms with Crippen LogP contribution in [0.3, 0.4) is 0 Å². The van der Waals surface area contributed by atoms with E-state index in [1.165, 1.54) is 18.2 Å². The zero-order chi connectivity index (χ0) is 17.5. The maximum Gasteiger partial charge on any atom is 0.253 e. The molecular formula is C18H26FN3O2. The molecule has 24 heavy (non-hydrogen) atoms. The lowest BCUT2D eigenvalue weighted by Crippen LogP contribution is -2.47. The Morgan fingerprint density at radius 2 is 2.00 bits per heavy atom. The fraction of sp³-hybridized carbons (Fsp3) is 0.556. The van der Waals surface area contributed by atoms with Gasteiger partial charge in [0.15, 0.2) is 0 Å². The van der Waals surface area contributed by atoms with Crippen LogP contribution in [0.25, 0.3) is 0 Å². The summed E-state index contributed by atoms with van der Waals surface area (Å²) < 4.78 is 13.4. The molecule has 2 amide bonds. The van der Waals surface area contributed by atoms with Gasteiger partial charge in [-0.05, 0) is 24.1 Å². The van der Waals surface area contributed by atoms with Crippen molar-refractivity contribution >= 4 is 11.8 Å². The Kier molecular flexibility index (Phi) is 6.73. The first-order valence-corrected chi connectivity index (χ1v) is 8.50. The molecule has 1 fully saturated rings. The van der Waals surface area contributed by atoms with Crippen molar-refractivity contribution in [3.05, 3.63) is 35.6 Å². The van der Waals surface area contributed by atoms with Crippen LogP contribution in [0, 0.1) is 11.7 Å². The van der Waals surface area contributed by atoms with Crippen molar-refractivity contribution in [3.8, 4) is 0 Å². The first kappa shape index (κ1) is 18.4. The maximum atomic E-state index is 13.4. The molecule has 0 atom stereocenters. The van der Waals surface area contributed by atoms with Crippen LogP contribution in [0.4, 0.5) is 4.39 Å². The number of carbonyl (C=O) groups is 2. The third kappa shape index (κ3) is 5.30. The molecule has 0 radical (unpaired) electrons. The molecule has 132 valence electrons. The minimum Gasteiger partial charge on any atom is -0.340 e. The van der Waals surface area contributed by atoms with Gasteiger partial charge >= 0.3 is 0 Å². The molecule has 1 aromatic carbocycles. The number of rotatable bonds is 6. The smallest absolute Gasteiger partial charge is 0.253 e. The highest BCUT2D eigenvalue weighted by atomic mass is 19.1. The van der Waals surface area contributed by atoms with Crippen LogP contribution in [-0.4, -0.2) is 60.9 Å². The molecule has 0 spiro atoms. The van der Waals surface area contributed by atoms with Gasteiger partial charge in [-0.25, -0.2) is 4.39 Å². The predicted molar refractivity (Wildman–Crippen MR) is 91.2 cm³/mol. The second-order valence-corrected chi connectivity index (χ2v) is 6.54. The van der Waals surface area contributed by atoms with Crippen LogP contribution in [0.15, 0.2) is 24.3 Å². The summed E-state index contributed by atoms with van der Waals surface area (Å²) >= 11 is 0. The Balaban J connectivity index is 1.99. The van der Waals surface area contributed by atoms with Crippen LogP contribution in [0.5, 0.6) is 0 Å². The molecule has 5 nitrogen and oxygen atoms in total. The van der Waals surface area contributed by atoms with E-state index in [-0.39, 0.29) is 17.7 Å². The van der Waals surface area contributed by atoms with E-state index in [2.05, 4.69) is 5.32 Å². The summed E-state index contributed by atoms with van der Waals surface area (Å²) in [6.45, 7) is 7.98. The quantitative estimate of drug-likeness (QED) is 0.862. The highest BCUT2D eigenvalue weighted by Gasteiger charge is 2.21. The molecule has 0 aromatic heterocycles. The molecule has 6 heteroatoms. The number of piperazine rings is 1. The van der Waals surface area contributed by atoms with Crippen molar-refractivity contribution in [2.75, 3.05) is 39.3 Å². The van der Waals surface area contributed by atoms with E-state index in [1.54, 1.807) is 11.0 Å². The third-order valence-electron chi connectivity index (χ3n) is 4.01. The lowest BCUT2D eigenvalue weighted by molar-refractivity contribution is -0.132. The van der Waals surface area contributed by atoms with E-state index < -0.39 is 5.82 Å². The Morgan fingerprint density at radius 1 is 1.29 bits per heavy atom. The lowest BCUT2D eigenvalue weighted by Gasteiger charge is -2.29. The summed E-state index contributed by atoms with van der Waals surface area (Å²) in [5, 5.41) is 3.21. The van der Waals surface area contributed by atoms with E-state index in [0.717, 1.165) is 13.1 Å². The molecule has 0 bridgehead atoms. The Bertz CT molecular complexity index is 571. The number of nitrogens with one attached hydrogen (secondary N) is 1. The van der Waals surface area contributed by atoms with Crippen molar-refractivity contribution < 1.29 is 14.0 Å². The average molecular weight is 335 g/mol. The molecular weight excluding hydrogens is 309 g/mol. The van der Waals surface area contributed by atoms with Crippen LogP contribution in [0.1, 0.15) is 30.6 Å². The Labute approximate surface area is 142 Å². The van der Waals surface area contributed by atoms with Gasteiger partial charge in [0.1, 0.15) is 5.82 Å². The number of hydrogen-bond acceptors (Lipinski definition) is 3. The molecule has 0 unspecified atom stereocenters. The minimum atomic E-state index is -0.428. The molecule has 2 rings (SSSR count). The third-order valence-corrected chi connectivity index (χ3v) is 4.01. The SMILES string of the molecule is CC(C)CN(CCC(=O)N1CCNCC1)C(=O)c1cccc(F)c1. The van der Waals surface area contributed by atoms with E-state index >= 15 is 0 Å². The van der Waals surface area contributed by atoms with Gasteiger partial charge in [0, 0.05) is 51.3 Å². The van der Waals surface area contributed by atoms with Crippen LogP contribution < -0.4 is 5.32 Å².